The van der Waals surface area contributed by atoms with Gasteiger partial charge >= 0.3 is 6.09 Å². The zero-order valence-corrected chi connectivity index (χ0v) is 20.2. The normalized spacial score (nSPS) is 23.2. The van der Waals surface area contributed by atoms with Crippen LogP contribution in [-0.4, -0.2) is 62.2 Å². The maximum Gasteiger partial charge on any atom is 0.409 e. The molecule has 184 valence electrons. The SMILES string of the molecule is CCOC(=O)N1CC2NS(=O)(=O)c3cn(C)c(C(=O)Nc4ccc(F)c(C)c4)c3OCC2(C)C1. The van der Waals surface area contributed by atoms with Crippen LogP contribution in [0.1, 0.15) is 29.9 Å². The van der Waals surface area contributed by atoms with Gasteiger partial charge in [-0.15, -0.1) is 0 Å². The number of anilines is 1. The second kappa shape index (κ2) is 8.58. The Morgan fingerprint density at radius 1 is 1.38 bits per heavy atom. The molecule has 2 N–H and O–H groups in total. The topological polar surface area (TPSA) is 119 Å². The third kappa shape index (κ3) is 4.23. The highest BCUT2D eigenvalue weighted by Gasteiger charge is 2.50. The quantitative estimate of drug-likeness (QED) is 0.676. The molecule has 1 fully saturated rings. The van der Waals surface area contributed by atoms with Crippen molar-refractivity contribution >= 4 is 27.7 Å². The van der Waals surface area contributed by atoms with Crippen LogP contribution in [0.15, 0.2) is 29.3 Å². The summed E-state index contributed by atoms with van der Waals surface area (Å²) in [7, 11) is -2.54. The van der Waals surface area contributed by atoms with Gasteiger partial charge in [0.15, 0.2) is 11.4 Å². The zero-order chi connectivity index (χ0) is 24.8. The first kappa shape index (κ1) is 24.0. The van der Waals surface area contributed by atoms with Crippen LogP contribution < -0.4 is 14.8 Å². The fraction of sp³-hybridized carbons (Fsp3) is 0.455. The summed E-state index contributed by atoms with van der Waals surface area (Å²) in [4.78, 5) is 26.6. The number of sulfonamides is 1. The minimum Gasteiger partial charge on any atom is -0.489 e. The van der Waals surface area contributed by atoms with E-state index in [0.717, 1.165) is 0 Å². The van der Waals surface area contributed by atoms with Crippen LogP contribution >= 0.6 is 0 Å². The van der Waals surface area contributed by atoms with Crippen molar-refractivity contribution in [2.45, 2.75) is 31.7 Å². The Labute approximate surface area is 197 Å². The lowest BCUT2D eigenvalue weighted by Crippen LogP contribution is -2.49. The Morgan fingerprint density at radius 3 is 2.79 bits per heavy atom. The molecule has 10 nitrogen and oxygen atoms in total. The van der Waals surface area contributed by atoms with Gasteiger partial charge in [-0.05, 0) is 37.6 Å². The lowest BCUT2D eigenvalue weighted by Gasteiger charge is -2.32. The molecule has 12 heteroatoms. The Balaban J connectivity index is 1.66. The highest BCUT2D eigenvalue weighted by atomic mass is 32.2. The van der Waals surface area contributed by atoms with Gasteiger partial charge in [-0.2, -0.15) is 0 Å². The summed E-state index contributed by atoms with van der Waals surface area (Å²) < 4.78 is 55.2. The minimum atomic E-state index is -4.08. The number of benzene rings is 1. The summed E-state index contributed by atoms with van der Waals surface area (Å²) in [5.74, 6) is -1.09. The van der Waals surface area contributed by atoms with E-state index in [-0.39, 0.29) is 42.6 Å². The number of carbonyl (C=O) groups excluding carboxylic acids is 2. The number of halogens is 1. The van der Waals surface area contributed by atoms with Crippen LogP contribution in [0.4, 0.5) is 14.9 Å². The number of aromatic nitrogens is 1. The molecule has 2 aliphatic rings. The average molecular weight is 495 g/mol. The molecule has 3 heterocycles. The first-order chi connectivity index (χ1) is 15.9. The highest BCUT2D eigenvalue weighted by molar-refractivity contribution is 7.89. The van der Waals surface area contributed by atoms with Crippen molar-refractivity contribution in [2.24, 2.45) is 12.5 Å². The molecule has 0 aliphatic carbocycles. The van der Waals surface area contributed by atoms with Crippen molar-refractivity contribution < 1.29 is 31.9 Å². The van der Waals surface area contributed by atoms with Gasteiger partial charge in [0, 0.05) is 37.4 Å². The maximum atomic E-state index is 13.6. The Bertz CT molecular complexity index is 1260. The Hall–Kier alpha value is -3.12. The fourth-order valence-corrected chi connectivity index (χ4v) is 5.86. The van der Waals surface area contributed by atoms with E-state index in [1.807, 2.05) is 6.92 Å². The number of likely N-dealkylation sites (tertiary alicyclic amines) is 1. The smallest absolute Gasteiger partial charge is 0.409 e. The van der Waals surface area contributed by atoms with E-state index in [2.05, 4.69) is 10.0 Å². The molecular formula is C22H27FN4O6S. The average Bonchev–Trinajstić information content (AvgIpc) is 3.26. The highest BCUT2D eigenvalue weighted by Crippen LogP contribution is 2.39. The number of nitrogens with zero attached hydrogens (tertiary/aromatic N) is 2. The molecule has 2 amide bonds. The summed E-state index contributed by atoms with van der Waals surface area (Å²) in [5, 5.41) is 2.67. The molecule has 0 saturated carbocycles. The number of carbonyl (C=O) groups is 2. The number of nitrogens with one attached hydrogen (secondary N) is 2. The predicted molar refractivity (Wildman–Crippen MR) is 121 cm³/mol. The fourth-order valence-electron chi connectivity index (χ4n) is 4.30. The molecule has 1 saturated heterocycles. The number of hydrogen-bond donors (Lipinski definition) is 2. The molecule has 1 aromatic carbocycles. The van der Waals surface area contributed by atoms with Gasteiger partial charge in [-0.1, -0.05) is 6.92 Å². The third-order valence-corrected chi connectivity index (χ3v) is 7.65. The van der Waals surface area contributed by atoms with Crippen LogP contribution in [0.3, 0.4) is 0 Å². The van der Waals surface area contributed by atoms with Gasteiger partial charge < -0.3 is 24.3 Å². The van der Waals surface area contributed by atoms with Crippen LogP contribution in [0.25, 0.3) is 0 Å². The van der Waals surface area contributed by atoms with Gasteiger partial charge in [0.05, 0.1) is 19.3 Å². The molecule has 0 radical (unpaired) electrons. The van der Waals surface area contributed by atoms with Crippen molar-refractivity contribution in [3.05, 3.63) is 41.5 Å². The minimum absolute atomic E-state index is 0.00430. The second-order valence-electron chi connectivity index (χ2n) is 8.90. The Kier molecular flexibility index (Phi) is 6.06. The van der Waals surface area contributed by atoms with Crippen molar-refractivity contribution in [3.63, 3.8) is 0 Å². The summed E-state index contributed by atoms with van der Waals surface area (Å²) >= 11 is 0. The molecule has 34 heavy (non-hydrogen) atoms. The Morgan fingerprint density at radius 2 is 2.12 bits per heavy atom. The van der Waals surface area contributed by atoms with Gasteiger partial charge in [0.25, 0.3) is 5.91 Å². The zero-order valence-electron chi connectivity index (χ0n) is 19.3. The number of amides is 2. The molecule has 2 aromatic rings. The number of hydrogen-bond acceptors (Lipinski definition) is 6. The molecular weight excluding hydrogens is 467 g/mol. The second-order valence-corrected chi connectivity index (χ2v) is 10.6. The number of aryl methyl sites for hydroxylation is 2. The van der Waals surface area contributed by atoms with E-state index in [1.165, 1.54) is 33.9 Å². The molecule has 4 rings (SSSR count). The van der Waals surface area contributed by atoms with Crippen molar-refractivity contribution in [3.8, 4) is 5.75 Å². The monoisotopic (exact) mass is 494 g/mol. The largest absolute Gasteiger partial charge is 0.489 e. The van der Waals surface area contributed by atoms with Gasteiger partial charge in [-0.25, -0.2) is 22.3 Å². The number of ether oxygens (including phenoxy) is 2. The van der Waals surface area contributed by atoms with Crippen LogP contribution in [0.5, 0.6) is 5.75 Å². The maximum absolute atomic E-state index is 13.6. The molecule has 1 aromatic heterocycles. The molecule has 2 atom stereocenters. The number of rotatable bonds is 3. The van der Waals surface area contributed by atoms with Crippen molar-refractivity contribution in [1.29, 1.82) is 0 Å². The number of fused-ring (bicyclic) bond motifs is 2. The van der Waals surface area contributed by atoms with Crippen molar-refractivity contribution in [2.75, 3.05) is 31.6 Å². The standard InChI is InChI=1S/C22H27FN4O6S/c1-5-32-21(29)27-10-17-22(3,11-27)12-33-19-16(34(30,31)25-17)9-26(4)18(19)20(28)24-14-6-7-15(23)13(2)8-14/h6-9,17,25H,5,10-12H2,1-4H3,(H,24,28). The molecule has 0 bridgehead atoms. The van der Waals surface area contributed by atoms with Gasteiger partial charge in [-0.3, -0.25) is 4.79 Å². The first-order valence-electron chi connectivity index (χ1n) is 10.8. The lowest BCUT2D eigenvalue weighted by molar-refractivity contribution is 0.0994. The molecule has 0 spiro atoms. The first-order valence-corrected chi connectivity index (χ1v) is 12.3. The van der Waals surface area contributed by atoms with E-state index in [0.29, 0.717) is 11.3 Å². The summed E-state index contributed by atoms with van der Waals surface area (Å²) in [6.07, 6.45) is 0.783. The van der Waals surface area contributed by atoms with Crippen molar-refractivity contribution in [1.82, 2.24) is 14.2 Å². The summed E-state index contributed by atoms with van der Waals surface area (Å²) in [5.41, 5.74) is -0.0348. The van der Waals surface area contributed by atoms with E-state index >= 15 is 0 Å². The van der Waals surface area contributed by atoms with Gasteiger partial charge in [0.1, 0.15) is 10.7 Å². The molecule has 2 aliphatic heterocycles. The third-order valence-electron chi connectivity index (χ3n) is 6.19. The van der Waals surface area contributed by atoms with Crippen LogP contribution in [0, 0.1) is 18.2 Å². The van der Waals surface area contributed by atoms with Crippen LogP contribution in [-0.2, 0) is 21.8 Å². The predicted octanol–water partition coefficient (Wildman–Crippen LogP) is 2.24. The van der Waals surface area contributed by atoms with E-state index in [9.17, 15) is 22.4 Å². The van der Waals surface area contributed by atoms with Crippen LogP contribution in [0.2, 0.25) is 0 Å². The van der Waals surface area contributed by atoms with E-state index in [1.54, 1.807) is 20.9 Å². The van der Waals surface area contributed by atoms with E-state index < -0.39 is 39.3 Å². The lowest BCUT2D eigenvalue weighted by atomic mass is 9.87. The summed E-state index contributed by atoms with van der Waals surface area (Å²) in [6.45, 7) is 5.70. The van der Waals surface area contributed by atoms with Gasteiger partial charge in [0.2, 0.25) is 10.0 Å². The molecule has 2 unspecified atom stereocenters. The van der Waals surface area contributed by atoms with E-state index in [4.69, 9.17) is 9.47 Å². The summed E-state index contributed by atoms with van der Waals surface area (Å²) in [6, 6.07) is 3.53.